The lowest BCUT2D eigenvalue weighted by Crippen LogP contribution is -2.47. The van der Waals surface area contributed by atoms with E-state index in [0.717, 1.165) is 5.56 Å². The number of hydrogen-bond donors (Lipinski definition) is 3. The van der Waals surface area contributed by atoms with Gasteiger partial charge in [-0.15, -0.1) is 0 Å². The highest BCUT2D eigenvalue weighted by molar-refractivity contribution is 5.87. The van der Waals surface area contributed by atoms with Gasteiger partial charge in [0.05, 0.1) is 11.7 Å². The molecule has 0 aliphatic rings. The molecule has 0 saturated carbocycles. The smallest absolute Gasteiger partial charge is 0.335 e. The van der Waals surface area contributed by atoms with Gasteiger partial charge in [-0.25, -0.2) is 4.79 Å². The molecule has 4 heteroatoms. The Hall–Kier alpha value is -1.39. The molecule has 4 nitrogen and oxygen atoms in total. The number of benzene rings is 1. The molecule has 1 unspecified atom stereocenters. The van der Waals surface area contributed by atoms with Crippen LogP contribution in [0.25, 0.3) is 0 Å². The average molecular weight is 237 g/mol. The molecule has 1 aromatic carbocycles. The molecule has 1 aromatic rings. The van der Waals surface area contributed by atoms with E-state index in [-0.39, 0.29) is 11.1 Å². The van der Waals surface area contributed by atoms with Crippen molar-refractivity contribution in [3.63, 3.8) is 0 Å². The van der Waals surface area contributed by atoms with Gasteiger partial charge in [0.1, 0.15) is 0 Å². The number of aliphatic hydroxyl groups excluding tert-OH is 1. The van der Waals surface area contributed by atoms with Crippen molar-refractivity contribution in [2.24, 2.45) is 0 Å². The molecule has 0 heterocycles. The van der Waals surface area contributed by atoms with Crippen molar-refractivity contribution in [1.82, 2.24) is 5.32 Å². The van der Waals surface area contributed by atoms with E-state index in [4.69, 9.17) is 5.11 Å². The number of carbonyl (C=O) groups is 1. The minimum absolute atomic E-state index is 0.281. The summed E-state index contributed by atoms with van der Waals surface area (Å²) in [6.07, 6.45) is -0.458. The van der Waals surface area contributed by atoms with Gasteiger partial charge < -0.3 is 15.5 Å². The van der Waals surface area contributed by atoms with Crippen molar-refractivity contribution in [3.8, 4) is 0 Å². The van der Waals surface area contributed by atoms with Crippen molar-refractivity contribution in [3.05, 3.63) is 35.4 Å². The number of aliphatic hydroxyl groups is 1. The second kappa shape index (κ2) is 5.29. The Kier molecular flexibility index (Phi) is 4.26. The maximum absolute atomic E-state index is 10.7. The van der Waals surface area contributed by atoms with Crippen molar-refractivity contribution in [1.29, 1.82) is 0 Å². The summed E-state index contributed by atoms with van der Waals surface area (Å²) in [7, 11) is 0. The molecule has 1 rings (SSSR count). The van der Waals surface area contributed by atoms with Gasteiger partial charge in [-0.2, -0.15) is 0 Å². The predicted octanol–water partition coefficient (Wildman–Crippen LogP) is 1.63. The first-order chi connectivity index (χ1) is 7.83. The molecule has 1 atom stereocenters. The van der Waals surface area contributed by atoms with Crippen LogP contribution in [0.4, 0.5) is 0 Å². The third kappa shape index (κ3) is 3.84. The Bertz CT molecular complexity index is 382. The van der Waals surface area contributed by atoms with Crippen LogP contribution in [0.15, 0.2) is 24.3 Å². The van der Waals surface area contributed by atoms with Crippen LogP contribution in [0.3, 0.4) is 0 Å². The summed E-state index contributed by atoms with van der Waals surface area (Å²) in [5.41, 5.74) is 0.901. The van der Waals surface area contributed by atoms with E-state index >= 15 is 0 Å². The molecule has 0 saturated heterocycles. The van der Waals surface area contributed by atoms with Crippen LogP contribution in [0.5, 0.6) is 0 Å². The molecule has 0 radical (unpaired) electrons. The molecule has 3 N–H and O–H groups in total. The molecule has 0 aliphatic carbocycles. The van der Waals surface area contributed by atoms with E-state index in [2.05, 4.69) is 5.32 Å². The van der Waals surface area contributed by atoms with Crippen LogP contribution in [0.2, 0.25) is 0 Å². The summed E-state index contributed by atoms with van der Waals surface area (Å²) in [6.45, 7) is 6.17. The second-order valence-electron chi connectivity index (χ2n) is 4.75. The number of nitrogens with one attached hydrogen (secondary N) is 1. The Morgan fingerprint density at radius 1 is 1.35 bits per heavy atom. The third-order valence-electron chi connectivity index (χ3n) is 2.99. The van der Waals surface area contributed by atoms with Crippen molar-refractivity contribution in [2.75, 3.05) is 0 Å². The highest BCUT2D eigenvalue weighted by atomic mass is 16.4. The summed E-state index contributed by atoms with van der Waals surface area (Å²) < 4.78 is 0. The van der Waals surface area contributed by atoms with E-state index in [1.165, 1.54) is 0 Å². The van der Waals surface area contributed by atoms with Gasteiger partial charge in [0.15, 0.2) is 0 Å². The second-order valence-corrected chi connectivity index (χ2v) is 4.75. The molecule has 0 amide bonds. The Labute approximate surface area is 101 Å². The molecular formula is C13H19NO3. The van der Waals surface area contributed by atoms with Gasteiger partial charge in [0.25, 0.3) is 0 Å². The molecule has 94 valence electrons. The fourth-order valence-corrected chi connectivity index (χ4v) is 1.24. The fourth-order valence-electron chi connectivity index (χ4n) is 1.24. The van der Waals surface area contributed by atoms with Gasteiger partial charge in [-0.05, 0) is 38.5 Å². The van der Waals surface area contributed by atoms with E-state index in [9.17, 15) is 9.90 Å². The van der Waals surface area contributed by atoms with E-state index < -0.39 is 12.1 Å². The van der Waals surface area contributed by atoms with Crippen LogP contribution in [0, 0.1) is 0 Å². The Balaban J connectivity index is 2.62. The lowest BCUT2D eigenvalue weighted by Gasteiger charge is -2.29. The zero-order valence-electron chi connectivity index (χ0n) is 10.4. The van der Waals surface area contributed by atoms with Crippen LogP contribution < -0.4 is 5.32 Å². The van der Waals surface area contributed by atoms with Gasteiger partial charge in [0.2, 0.25) is 0 Å². The zero-order chi connectivity index (χ0) is 13.1. The molecule has 0 spiro atoms. The van der Waals surface area contributed by atoms with Crippen molar-refractivity contribution < 1.29 is 15.0 Å². The minimum Gasteiger partial charge on any atom is -0.478 e. The van der Waals surface area contributed by atoms with Crippen LogP contribution in [-0.4, -0.2) is 27.8 Å². The lowest BCUT2D eigenvalue weighted by molar-refractivity contribution is 0.0697. The maximum Gasteiger partial charge on any atom is 0.335 e. The zero-order valence-corrected chi connectivity index (χ0v) is 10.4. The van der Waals surface area contributed by atoms with Crippen LogP contribution in [-0.2, 0) is 6.54 Å². The normalized spacial score (nSPS) is 13.4. The number of carboxylic acids is 1. The molecular weight excluding hydrogens is 218 g/mol. The molecule has 0 fully saturated rings. The maximum atomic E-state index is 10.7. The Morgan fingerprint density at radius 3 is 2.29 bits per heavy atom. The highest BCUT2D eigenvalue weighted by Gasteiger charge is 2.22. The monoisotopic (exact) mass is 237 g/mol. The SMILES string of the molecule is CC(O)C(C)(C)NCc1ccc(C(=O)O)cc1. The third-order valence-corrected chi connectivity index (χ3v) is 2.99. The topological polar surface area (TPSA) is 69.6 Å². The van der Waals surface area contributed by atoms with Gasteiger partial charge in [0, 0.05) is 12.1 Å². The van der Waals surface area contributed by atoms with Crippen molar-refractivity contribution >= 4 is 5.97 Å². The first-order valence-corrected chi connectivity index (χ1v) is 5.58. The summed E-state index contributed by atoms with van der Waals surface area (Å²) >= 11 is 0. The summed E-state index contributed by atoms with van der Waals surface area (Å²) in [4.78, 5) is 10.7. The minimum atomic E-state index is -0.922. The first kappa shape index (κ1) is 13.7. The largest absolute Gasteiger partial charge is 0.478 e. The molecule has 0 aromatic heterocycles. The first-order valence-electron chi connectivity index (χ1n) is 5.58. The number of aromatic carboxylic acids is 1. The summed E-state index contributed by atoms with van der Waals surface area (Å²) in [5, 5.41) is 21.5. The fraction of sp³-hybridized carbons (Fsp3) is 0.462. The standard InChI is InChI=1S/C13H19NO3/c1-9(15)13(2,3)14-8-10-4-6-11(7-5-10)12(16)17/h4-7,9,14-15H,8H2,1-3H3,(H,16,17). The quantitative estimate of drug-likeness (QED) is 0.728. The van der Waals surface area contributed by atoms with Gasteiger partial charge >= 0.3 is 5.97 Å². The summed E-state index contributed by atoms with van der Waals surface area (Å²) in [5.74, 6) is -0.922. The van der Waals surface area contributed by atoms with E-state index in [0.29, 0.717) is 6.54 Å². The van der Waals surface area contributed by atoms with Gasteiger partial charge in [-0.1, -0.05) is 12.1 Å². The van der Waals surface area contributed by atoms with Crippen LogP contribution >= 0.6 is 0 Å². The van der Waals surface area contributed by atoms with Crippen LogP contribution in [0.1, 0.15) is 36.7 Å². The molecule has 0 aliphatic heterocycles. The van der Waals surface area contributed by atoms with E-state index in [1.807, 2.05) is 13.8 Å². The number of rotatable bonds is 5. The lowest BCUT2D eigenvalue weighted by atomic mass is 9.98. The number of hydrogen-bond acceptors (Lipinski definition) is 3. The molecule has 0 bridgehead atoms. The van der Waals surface area contributed by atoms with E-state index in [1.54, 1.807) is 31.2 Å². The molecule has 17 heavy (non-hydrogen) atoms. The van der Waals surface area contributed by atoms with Crippen molar-refractivity contribution in [2.45, 2.75) is 39.0 Å². The summed E-state index contributed by atoms with van der Waals surface area (Å²) in [6, 6.07) is 6.70. The Morgan fingerprint density at radius 2 is 1.88 bits per heavy atom. The highest BCUT2D eigenvalue weighted by Crippen LogP contribution is 2.11. The predicted molar refractivity (Wildman–Crippen MR) is 66.0 cm³/mol. The average Bonchev–Trinajstić information content (AvgIpc) is 2.27. The number of carboxylic acid groups (broad SMARTS) is 1. The van der Waals surface area contributed by atoms with Gasteiger partial charge in [-0.3, -0.25) is 0 Å².